The van der Waals surface area contributed by atoms with Crippen LogP contribution in [0.15, 0.2) is 24.8 Å². The van der Waals surface area contributed by atoms with Gasteiger partial charge in [0.25, 0.3) is 0 Å². The van der Waals surface area contributed by atoms with Gasteiger partial charge in [0, 0.05) is 30.8 Å². The summed E-state index contributed by atoms with van der Waals surface area (Å²) < 4.78 is 10.8. The Morgan fingerprint density at radius 2 is 1.89 bits per heavy atom. The van der Waals surface area contributed by atoms with Crippen molar-refractivity contribution < 1.29 is 24.2 Å². The number of aliphatic hydroxyl groups excluding tert-OH is 1. The molecule has 1 aromatic rings. The molecule has 0 saturated carbocycles. The van der Waals surface area contributed by atoms with E-state index in [1.807, 2.05) is 0 Å². The summed E-state index contributed by atoms with van der Waals surface area (Å²) in [5, 5.41) is 10.7. The standard InChI is InChI=1S/C20H26N2O5/c1-4-18(24)21-9-5-6-13(10-21)20(25)22-11-14-16(26-2)7-8-17(27-3)19(14)15(23)12-22/h4,7-8,13,15,23H,1,5-6,9-12H2,2-3H3. The summed E-state index contributed by atoms with van der Waals surface area (Å²) in [7, 11) is 3.12. The Hall–Kier alpha value is -2.54. The topological polar surface area (TPSA) is 79.3 Å². The van der Waals surface area contributed by atoms with Gasteiger partial charge in [0.05, 0.1) is 26.7 Å². The molecule has 1 N–H and O–H groups in total. The van der Waals surface area contributed by atoms with E-state index in [1.54, 1.807) is 36.2 Å². The van der Waals surface area contributed by atoms with Gasteiger partial charge in [-0.05, 0) is 31.1 Å². The number of piperidine rings is 1. The van der Waals surface area contributed by atoms with E-state index in [1.165, 1.54) is 6.08 Å². The molecule has 27 heavy (non-hydrogen) atoms. The Kier molecular flexibility index (Phi) is 5.70. The van der Waals surface area contributed by atoms with Gasteiger partial charge < -0.3 is 24.4 Å². The van der Waals surface area contributed by atoms with Crippen molar-refractivity contribution in [2.45, 2.75) is 25.5 Å². The van der Waals surface area contributed by atoms with Gasteiger partial charge in [0.15, 0.2) is 0 Å². The molecule has 2 unspecified atom stereocenters. The highest BCUT2D eigenvalue weighted by Gasteiger charge is 2.36. The van der Waals surface area contributed by atoms with Crippen LogP contribution < -0.4 is 9.47 Å². The van der Waals surface area contributed by atoms with Crippen LogP contribution in [0, 0.1) is 5.92 Å². The Morgan fingerprint density at radius 3 is 2.56 bits per heavy atom. The minimum Gasteiger partial charge on any atom is -0.496 e. The number of aliphatic hydroxyl groups is 1. The van der Waals surface area contributed by atoms with Crippen LogP contribution in [0.3, 0.4) is 0 Å². The monoisotopic (exact) mass is 374 g/mol. The zero-order valence-electron chi connectivity index (χ0n) is 15.8. The molecule has 2 aliphatic rings. The number of hydrogen-bond donors (Lipinski definition) is 1. The average Bonchev–Trinajstić information content (AvgIpc) is 2.71. The smallest absolute Gasteiger partial charge is 0.245 e. The molecule has 7 nitrogen and oxygen atoms in total. The van der Waals surface area contributed by atoms with E-state index < -0.39 is 6.10 Å². The van der Waals surface area contributed by atoms with Crippen LogP contribution in [0.1, 0.15) is 30.1 Å². The second-order valence-corrected chi connectivity index (χ2v) is 6.92. The molecule has 0 aromatic heterocycles. The molecule has 2 amide bonds. The van der Waals surface area contributed by atoms with Crippen LogP contribution in [0.4, 0.5) is 0 Å². The molecule has 1 aromatic carbocycles. The van der Waals surface area contributed by atoms with Gasteiger partial charge in [-0.2, -0.15) is 0 Å². The van der Waals surface area contributed by atoms with Crippen LogP contribution in [-0.2, 0) is 16.1 Å². The largest absolute Gasteiger partial charge is 0.496 e. The van der Waals surface area contributed by atoms with Crippen LogP contribution in [-0.4, -0.2) is 60.6 Å². The summed E-state index contributed by atoms with van der Waals surface area (Å²) in [4.78, 5) is 28.3. The summed E-state index contributed by atoms with van der Waals surface area (Å²) in [6, 6.07) is 3.54. The molecule has 0 aliphatic carbocycles. The number of likely N-dealkylation sites (tertiary alicyclic amines) is 1. The van der Waals surface area contributed by atoms with Crippen LogP contribution in [0.2, 0.25) is 0 Å². The molecule has 3 rings (SSSR count). The lowest BCUT2D eigenvalue weighted by atomic mass is 9.92. The van der Waals surface area contributed by atoms with Crippen LogP contribution in [0.5, 0.6) is 11.5 Å². The van der Waals surface area contributed by atoms with Crippen molar-refractivity contribution in [2.24, 2.45) is 5.92 Å². The van der Waals surface area contributed by atoms with Gasteiger partial charge in [0.2, 0.25) is 11.8 Å². The van der Waals surface area contributed by atoms with E-state index in [2.05, 4.69) is 6.58 Å². The lowest BCUT2D eigenvalue weighted by Crippen LogP contribution is -2.48. The van der Waals surface area contributed by atoms with Crippen LogP contribution >= 0.6 is 0 Å². The van der Waals surface area contributed by atoms with Crippen molar-refractivity contribution in [3.05, 3.63) is 35.9 Å². The number of fused-ring (bicyclic) bond motifs is 1. The molecule has 0 spiro atoms. The van der Waals surface area contributed by atoms with E-state index in [9.17, 15) is 14.7 Å². The molecular formula is C20H26N2O5. The maximum Gasteiger partial charge on any atom is 0.245 e. The van der Waals surface area contributed by atoms with Gasteiger partial charge in [-0.15, -0.1) is 0 Å². The predicted molar refractivity (Wildman–Crippen MR) is 99.4 cm³/mol. The van der Waals surface area contributed by atoms with Crippen molar-refractivity contribution in [3.63, 3.8) is 0 Å². The van der Waals surface area contributed by atoms with Crippen molar-refractivity contribution in [3.8, 4) is 11.5 Å². The number of hydrogen-bond acceptors (Lipinski definition) is 5. The van der Waals surface area contributed by atoms with E-state index in [0.717, 1.165) is 18.4 Å². The first-order chi connectivity index (χ1) is 13.0. The molecule has 146 valence electrons. The van der Waals surface area contributed by atoms with Crippen molar-refractivity contribution in [1.82, 2.24) is 9.80 Å². The first kappa shape index (κ1) is 19.2. The number of carbonyl (C=O) groups is 2. The lowest BCUT2D eigenvalue weighted by Gasteiger charge is -2.38. The number of benzene rings is 1. The van der Waals surface area contributed by atoms with Gasteiger partial charge >= 0.3 is 0 Å². The van der Waals surface area contributed by atoms with Crippen molar-refractivity contribution in [2.75, 3.05) is 33.9 Å². The Balaban J connectivity index is 1.82. The number of nitrogens with zero attached hydrogens (tertiary/aromatic N) is 2. The first-order valence-corrected chi connectivity index (χ1v) is 9.12. The van der Waals surface area contributed by atoms with Gasteiger partial charge in [-0.3, -0.25) is 9.59 Å². The fraction of sp³-hybridized carbons (Fsp3) is 0.500. The molecule has 1 fully saturated rings. The Labute approximate surface area is 159 Å². The SMILES string of the molecule is C=CC(=O)N1CCCC(C(=O)N2Cc3c(OC)ccc(OC)c3C(O)C2)C1. The van der Waals surface area contributed by atoms with Gasteiger partial charge in [0.1, 0.15) is 17.6 Å². The maximum atomic E-state index is 13.1. The lowest BCUT2D eigenvalue weighted by molar-refractivity contribution is -0.142. The third-order valence-corrected chi connectivity index (χ3v) is 5.36. The highest BCUT2D eigenvalue weighted by Crippen LogP contribution is 2.40. The second-order valence-electron chi connectivity index (χ2n) is 6.92. The van der Waals surface area contributed by atoms with E-state index >= 15 is 0 Å². The molecule has 2 aliphatic heterocycles. The fourth-order valence-electron chi connectivity index (χ4n) is 4.01. The quantitative estimate of drug-likeness (QED) is 0.808. The van der Waals surface area contributed by atoms with Crippen molar-refractivity contribution in [1.29, 1.82) is 0 Å². The van der Waals surface area contributed by atoms with E-state index in [0.29, 0.717) is 36.7 Å². The summed E-state index contributed by atoms with van der Waals surface area (Å²) >= 11 is 0. The molecule has 2 atom stereocenters. The number of amides is 2. The minimum absolute atomic E-state index is 0.0499. The first-order valence-electron chi connectivity index (χ1n) is 9.12. The van der Waals surface area contributed by atoms with Crippen LogP contribution in [0.25, 0.3) is 0 Å². The predicted octanol–water partition coefficient (Wildman–Crippen LogP) is 1.50. The number of ether oxygens (including phenoxy) is 2. The molecule has 7 heteroatoms. The maximum absolute atomic E-state index is 13.1. The highest BCUT2D eigenvalue weighted by molar-refractivity contribution is 5.88. The number of β-amino-alcohol motifs (C(OH)–C–C–N with tert-alkyl or cyclic N) is 1. The highest BCUT2D eigenvalue weighted by atomic mass is 16.5. The van der Waals surface area contributed by atoms with Gasteiger partial charge in [-0.25, -0.2) is 0 Å². The Bertz CT molecular complexity index is 748. The number of methoxy groups -OCH3 is 2. The number of rotatable bonds is 4. The summed E-state index contributed by atoms with van der Waals surface area (Å²) in [5.74, 6) is 0.738. The third kappa shape index (κ3) is 3.64. The normalized spacial score (nSPS) is 22.0. The van der Waals surface area contributed by atoms with Gasteiger partial charge in [-0.1, -0.05) is 6.58 Å². The zero-order chi connectivity index (χ0) is 19.6. The second kappa shape index (κ2) is 8.00. The third-order valence-electron chi connectivity index (χ3n) is 5.36. The van der Waals surface area contributed by atoms with E-state index in [4.69, 9.17) is 9.47 Å². The molecule has 1 saturated heterocycles. The molecule has 2 heterocycles. The molecular weight excluding hydrogens is 348 g/mol. The zero-order valence-corrected chi connectivity index (χ0v) is 15.8. The number of carbonyl (C=O) groups excluding carboxylic acids is 2. The Morgan fingerprint density at radius 1 is 1.19 bits per heavy atom. The van der Waals surface area contributed by atoms with Crippen molar-refractivity contribution >= 4 is 11.8 Å². The summed E-state index contributed by atoms with van der Waals surface area (Å²) in [5.41, 5.74) is 1.44. The summed E-state index contributed by atoms with van der Waals surface area (Å²) in [6.07, 6.45) is 1.94. The average molecular weight is 374 g/mol. The summed E-state index contributed by atoms with van der Waals surface area (Å²) in [6.45, 7) is 5.09. The van der Waals surface area contributed by atoms with E-state index in [-0.39, 0.29) is 24.3 Å². The molecule has 0 radical (unpaired) electrons. The molecule has 0 bridgehead atoms. The minimum atomic E-state index is -0.850. The fourth-order valence-corrected chi connectivity index (χ4v) is 4.01.